The summed E-state index contributed by atoms with van der Waals surface area (Å²) in [5.74, 6) is -0.904. The van der Waals surface area contributed by atoms with Crippen LogP contribution in [0.25, 0.3) is 0 Å². The van der Waals surface area contributed by atoms with E-state index in [1.807, 2.05) is 0 Å². The van der Waals surface area contributed by atoms with E-state index >= 15 is 0 Å². The number of amides is 1. The minimum absolute atomic E-state index is 0.0528. The van der Waals surface area contributed by atoms with Gasteiger partial charge >= 0.3 is 0 Å². The number of halogens is 1. The van der Waals surface area contributed by atoms with Gasteiger partial charge in [-0.3, -0.25) is 4.79 Å². The Morgan fingerprint density at radius 1 is 1.40 bits per heavy atom. The number of nitrogens with zero attached hydrogens (tertiary/aromatic N) is 1. The number of hydrogen-bond acceptors (Lipinski definition) is 4. The molecule has 1 aromatic carbocycles. The molecular weight excluding hydrogens is 346 g/mol. The first kappa shape index (κ1) is 15.3. The summed E-state index contributed by atoms with van der Waals surface area (Å²) in [6.45, 7) is 0.488. The molecule has 8 heteroatoms. The molecule has 20 heavy (non-hydrogen) atoms. The third-order valence-corrected chi connectivity index (χ3v) is 5.79. The van der Waals surface area contributed by atoms with Crippen LogP contribution >= 0.6 is 15.9 Å². The molecule has 1 unspecified atom stereocenters. The zero-order valence-electron chi connectivity index (χ0n) is 10.8. The maximum Gasteiger partial charge on any atom is 0.245 e. The molecule has 4 N–H and O–H groups in total. The quantitative estimate of drug-likeness (QED) is 0.780. The zero-order valence-corrected chi connectivity index (χ0v) is 13.2. The normalized spacial score (nSPS) is 20.8. The number of primary amides is 1. The topological polar surface area (TPSA) is 106 Å². The maximum atomic E-state index is 12.6. The standard InChI is InChI=1S/C12H16BrN3O3S/c13-9-3-4-10(14)11(6-9)20(18,19)16-5-1-2-8(7-16)12(15)17/h3-4,6,8H,1-2,5,7,14H2,(H2,15,17). The fourth-order valence-electron chi connectivity index (χ4n) is 2.26. The first-order valence-electron chi connectivity index (χ1n) is 6.17. The number of sulfonamides is 1. The van der Waals surface area contributed by atoms with E-state index in [9.17, 15) is 13.2 Å². The fourth-order valence-corrected chi connectivity index (χ4v) is 4.44. The van der Waals surface area contributed by atoms with Crippen molar-refractivity contribution in [2.24, 2.45) is 11.7 Å². The largest absolute Gasteiger partial charge is 0.398 e. The van der Waals surface area contributed by atoms with Crippen molar-refractivity contribution < 1.29 is 13.2 Å². The van der Waals surface area contributed by atoms with E-state index in [2.05, 4.69) is 15.9 Å². The molecule has 0 aromatic heterocycles. The Morgan fingerprint density at radius 3 is 2.75 bits per heavy atom. The molecule has 6 nitrogen and oxygen atoms in total. The van der Waals surface area contributed by atoms with Crippen LogP contribution in [0.4, 0.5) is 5.69 Å². The number of hydrogen-bond donors (Lipinski definition) is 2. The Labute approximate surface area is 126 Å². The van der Waals surface area contributed by atoms with Gasteiger partial charge in [-0.25, -0.2) is 8.42 Å². The number of nitrogens with two attached hydrogens (primary N) is 2. The van der Waals surface area contributed by atoms with E-state index < -0.39 is 21.8 Å². The van der Waals surface area contributed by atoms with Crippen LogP contribution in [-0.4, -0.2) is 31.7 Å². The Bertz CT molecular complexity index is 633. The van der Waals surface area contributed by atoms with Gasteiger partial charge in [0.25, 0.3) is 0 Å². The summed E-state index contributed by atoms with van der Waals surface area (Å²) in [7, 11) is -3.71. The number of carbonyl (C=O) groups excluding carboxylic acids is 1. The maximum absolute atomic E-state index is 12.6. The SMILES string of the molecule is NC(=O)C1CCCN(S(=O)(=O)c2cc(Br)ccc2N)C1. The Balaban J connectivity index is 2.35. The van der Waals surface area contributed by atoms with Crippen LogP contribution in [-0.2, 0) is 14.8 Å². The highest BCUT2D eigenvalue weighted by Crippen LogP contribution is 2.29. The summed E-state index contributed by atoms with van der Waals surface area (Å²) >= 11 is 3.24. The molecule has 0 saturated carbocycles. The van der Waals surface area contributed by atoms with Crippen LogP contribution in [0.2, 0.25) is 0 Å². The number of anilines is 1. The molecule has 0 radical (unpaired) electrons. The number of piperidine rings is 1. The number of nitrogen functional groups attached to an aromatic ring is 1. The summed E-state index contributed by atoms with van der Waals surface area (Å²) in [5.41, 5.74) is 11.2. The van der Waals surface area contributed by atoms with Gasteiger partial charge in [0.2, 0.25) is 15.9 Å². The smallest absolute Gasteiger partial charge is 0.245 e. The van der Waals surface area contributed by atoms with Crippen molar-refractivity contribution in [2.45, 2.75) is 17.7 Å². The van der Waals surface area contributed by atoms with Gasteiger partial charge < -0.3 is 11.5 Å². The third-order valence-electron chi connectivity index (χ3n) is 3.38. The molecule has 110 valence electrons. The lowest BCUT2D eigenvalue weighted by Crippen LogP contribution is -2.44. The fraction of sp³-hybridized carbons (Fsp3) is 0.417. The van der Waals surface area contributed by atoms with Crippen LogP contribution in [0.5, 0.6) is 0 Å². The first-order valence-corrected chi connectivity index (χ1v) is 8.40. The molecule has 0 spiro atoms. The van der Waals surface area contributed by atoms with Gasteiger partial charge in [-0.05, 0) is 31.0 Å². The Morgan fingerprint density at radius 2 is 2.10 bits per heavy atom. The van der Waals surface area contributed by atoms with Crippen molar-refractivity contribution in [3.05, 3.63) is 22.7 Å². The second-order valence-corrected chi connectivity index (χ2v) is 7.61. The predicted molar refractivity (Wildman–Crippen MR) is 79.2 cm³/mol. The van der Waals surface area contributed by atoms with Crippen molar-refractivity contribution in [1.29, 1.82) is 0 Å². The second-order valence-electron chi connectivity index (χ2n) is 4.79. The summed E-state index contributed by atoms with van der Waals surface area (Å²) in [5, 5.41) is 0. The molecule has 1 saturated heterocycles. The van der Waals surface area contributed by atoms with Crippen LogP contribution in [0.1, 0.15) is 12.8 Å². The van der Waals surface area contributed by atoms with Gasteiger partial charge in [0.05, 0.1) is 11.6 Å². The highest BCUT2D eigenvalue weighted by molar-refractivity contribution is 9.10. The lowest BCUT2D eigenvalue weighted by Gasteiger charge is -2.30. The van der Waals surface area contributed by atoms with Crippen LogP contribution in [0, 0.1) is 5.92 Å². The number of carbonyl (C=O) groups is 1. The molecule has 1 amide bonds. The van der Waals surface area contributed by atoms with Crippen molar-refractivity contribution in [1.82, 2.24) is 4.31 Å². The van der Waals surface area contributed by atoms with Crippen LogP contribution in [0.3, 0.4) is 0 Å². The van der Waals surface area contributed by atoms with Gasteiger partial charge in [-0.15, -0.1) is 0 Å². The molecule has 0 aliphatic carbocycles. The van der Waals surface area contributed by atoms with Crippen molar-refractivity contribution >= 4 is 37.5 Å². The van der Waals surface area contributed by atoms with Crippen LogP contribution < -0.4 is 11.5 Å². The summed E-state index contributed by atoms with van der Waals surface area (Å²) < 4.78 is 27.1. The number of rotatable bonds is 3. The van der Waals surface area contributed by atoms with Crippen LogP contribution in [0.15, 0.2) is 27.6 Å². The van der Waals surface area contributed by atoms with Crippen molar-refractivity contribution in [3.8, 4) is 0 Å². The summed E-state index contributed by atoms with van der Waals surface area (Å²) in [6.07, 6.45) is 1.23. The van der Waals surface area contributed by atoms with E-state index in [4.69, 9.17) is 11.5 Å². The van der Waals surface area contributed by atoms with E-state index in [1.54, 1.807) is 6.07 Å². The summed E-state index contributed by atoms with van der Waals surface area (Å²) in [6, 6.07) is 4.68. The molecule has 1 aliphatic rings. The van der Waals surface area contributed by atoms with E-state index in [0.717, 1.165) is 0 Å². The average Bonchev–Trinajstić information content (AvgIpc) is 2.41. The highest BCUT2D eigenvalue weighted by Gasteiger charge is 2.33. The Hall–Kier alpha value is -1.12. The predicted octanol–water partition coefficient (Wildman–Crippen LogP) is 0.917. The highest BCUT2D eigenvalue weighted by atomic mass is 79.9. The zero-order chi connectivity index (χ0) is 14.9. The molecule has 1 fully saturated rings. The van der Waals surface area contributed by atoms with Gasteiger partial charge in [-0.1, -0.05) is 15.9 Å². The molecule has 1 aromatic rings. The van der Waals surface area contributed by atoms with Gasteiger partial charge in [0, 0.05) is 17.6 Å². The third kappa shape index (κ3) is 2.97. The molecule has 0 bridgehead atoms. The lowest BCUT2D eigenvalue weighted by molar-refractivity contribution is -0.122. The van der Waals surface area contributed by atoms with Gasteiger partial charge in [0.1, 0.15) is 4.90 Å². The molecule has 2 rings (SSSR count). The molecule has 1 aliphatic heterocycles. The monoisotopic (exact) mass is 361 g/mol. The van der Waals surface area contributed by atoms with E-state index in [0.29, 0.717) is 23.9 Å². The lowest BCUT2D eigenvalue weighted by atomic mass is 9.99. The van der Waals surface area contributed by atoms with Gasteiger partial charge in [-0.2, -0.15) is 4.31 Å². The average molecular weight is 362 g/mol. The molecule has 1 atom stereocenters. The molecular formula is C12H16BrN3O3S. The van der Waals surface area contributed by atoms with Crippen molar-refractivity contribution in [3.63, 3.8) is 0 Å². The molecule has 1 heterocycles. The van der Waals surface area contributed by atoms with Gasteiger partial charge in [0.15, 0.2) is 0 Å². The summed E-state index contributed by atoms with van der Waals surface area (Å²) in [4.78, 5) is 11.3. The Kier molecular flexibility index (Phi) is 4.36. The minimum atomic E-state index is -3.71. The first-order chi connectivity index (χ1) is 9.32. The minimum Gasteiger partial charge on any atom is -0.398 e. The second kappa shape index (κ2) is 5.71. The van der Waals surface area contributed by atoms with E-state index in [-0.39, 0.29) is 17.1 Å². The van der Waals surface area contributed by atoms with Crippen molar-refractivity contribution in [2.75, 3.05) is 18.8 Å². The van der Waals surface area contributed by atoms with E-state index in [1.165, 1.54) is 16.4 Å². The number of benzene rings is 1.